The highest BCUT2D eigenvalue weighted by Crippen LogP contribution is 2.29. The van der Waals surface area contributed by atoms with Gasteiger partial charge >= 0.3 is 6.18 Å². The van der Waals surface area contributed by atoms with Gasteiger partial charge in [-0.05, 0) is 34.1 Å². The van der Waals surface area contributed by atoms with Crippen LogP contribution >= 0.6 is 28.1 Å². The van der Waals surface area contributed by atoms with Gasteiger partial charge < -0.3 is 10.6 Å². The van der Waals surface area contributed by atoms with Gasteiger partial charge in [0.25, 0.3) is 0 Å². The van der Waals surface area contributed by atoms with E-state index in [2.05, 4.69) is 15.9 Å². The molecule has 0 aliphatic carbocycles. The maximum atomic E-state index is 12.2. The molecule has 0 heterocycles. The van der Waals surface area contributed by atoms with Crippen molar-refractivity contribution in [2.24, 2.45) is 5.73 Å². The molecule has 0 aliphatic rings. The van der Waals surface area contributed by atoms with Crippen molar-refractivity contribution in [3.8, 4) is 0 Å². The first-order valence-corrected chi connectivity index (χ1v) is 5.78. The summed E-state index contributed by atoms with van der Waals surface area (Å²) in [4.78, 5) is 1.31. The van der Waals surface area contributed by atoms with Gasteiger partial charge in [-0.3, -0.25) is 0 Å². The number of hydrogen-bond acceptors (Lipinski definition) is 2. The van der Waals surface area contributed by atoms with Crippen molar-refractivity contribution >= 4 is 38.8 Å². The number of halogens is 4. The minimum absolute atomic E-state index is 0.204. The molecule has 0 radical (unpaired) electrons. The predicted molar refractivity (Wildman–Crippen MR) is 69.4 cm³/mol. The van der Waals surface area contributed by atoms with Crippen molar-refractivity contribution in [1.29, 1.82) is 0 Å². The summed E-state index contributed by atoms with van der Waals surface area (Å²) >= 11 is 7.98. The number of hydrogen-bond donors (Lipinski definition) is 1. The molecule has 0 aliphatic heterocycles. The van der Waals surface area contributed by atoms with Gasteiger partial charge in [0.2, 0.25) is 0 Å². The number of thiocarbonyl (C=S) groups is 1. The molecule has 0 saturated heterocycles. The first-order valence-electron chi connectivity index (χ1n) is 4.58. The van der Waals surface area contributed by atoms with Gasteiger partial charge in [0.15, 0.2) is 0 Å². The summed E-state index contributed by atoms with van der Waals surface area (Å²) in [7, 11) is 1.37. The Morgan fingerprint density at radius 1 is 1.47 bits per heavy atom. The number of rotatable bonds is 3. The van der Waals surface area contributed by atoms with Crippen LogP contribution in [0, 0.1) is 0 Å². The van der Waals surface area contributed by atoms with Crippen LogP contribution in [0.3, 0.4) is 0 Å². The SMILES string of the molecule is CN(CC(F)(F)F)c1ccc(C(N)=S)cc1Br. The third-order valence-electron chi connectivity index (χ3n) is 2.06. The summed E-state index contributed by atoms with van der Waals surface area (Å²) in [6.45, 7) is -1.02. The predicted octanol–water partition coefficient (Wildman–Crippen LogP) is 3.08. The molecule has 2 N–H and O–H groups in total. The molecule has 0 saturated carbocycles. The smallest absolute Gasteiger partial charge is 0.389 e. The van der Waals surface area contributed by atoms with Crippen LogP contribution in [-0.2, 0) is 0 Å². The monoisotopic (exact) mass is 326 g/mol. The van der Waals surface area contributed by atoms with Crippen molar-refractivity contribution in [1.82, 2.24) is 0 Å². The zero-order chi connectivity index (χ0) is 13.2. The van der Waals surface area contributed by atoms with E-state index in [0.717, 1.165) is 4.90 Å². The summed E-state index contributed by atoms with van der Waals surface area (Å²) in [5, 5.41) is 0. The molecule has 0 aromatic heterocycles. The normalized spacial score (nSPS) is 11.4. The average Bonchev–Trinajstić information content (AvgIpc) is 2.14. The number of nitrogens with two attached hydrogens (primary N) is 1. The second kappa shape index (κ2) is 5.22. The van der Waals surface area contributed by atoms with E-state index in [1.54, 1.807) is 18.2 Å². The zero-order valence-corrected chi connectivity index (χ0v) is 11.3. The van der Waals surface area contributed by atoms with Gasteiger partial charge in [0.1, 0.15) is 11.5 Å². The van der Waals surface area contributed by atoms with Crippen LogP contribution in [0.4, 0.5) is 18.9 Å². The van der Waals surface area contributed by atoms with Gasteiger partial charge in [0, 0.05) is 17.1 Å². The third kappa shape index (κ3) is 4.16. The lowest BCUT2D eigenvalue weighted by Crippen LogP contribution is -2.31. The molecule has 2 nitrogen and oxygen atoms in total. The highest BCUT2D eigenvalue weighted by molar-refractivity contribution is 9.10. The minimum Gasteiger partial charge on any atom is -0.389 e. The molecule has 7 heteroatoms. The maximum absolute atomic E-state index is 12.2. The van der Waals surface area contributed by atoms with E-state index >= 15 is 0 Å². The molecule has 17 heavy (non-hydrogen) atoms. The Hall–Kier alpha value is -0.820. The molecular formula is C10H10BrF3N2S. The number of alkyl halides is 3. The highest BCUT2D eigenvalue weighted by atomic mass is 79.9. The van der Waals surface area contributed by atoms with Gasteiger partial charge in [-0.1, -0.05) is 12.2 Å². The Morgan fingerprint density at radius 2 is 2.06 bits per heavy atom. The van der Waals surface area contributed by atoms with E-state index in [0.29, 0.717) is 15.7 Å². The Balaban J connectivity index is 2.96. The molecule has 0 bridgehead atoms. The number of benzene rings is 1. The standard InChI is InChI=1S/C10H10BrF3N2S/c1-16(5-10(12,13)14)8-3-2-6(9(15)17)4-7(8)11/h2-4H,5H2,1H3,(H2,15,17). The Kier molecular flexibility index (Phi) is 4.37. The Labute approximate surface area is 111 Å². The summed E-state index contributed by atoms with van der Waals surface area (Å²) in [5.74, 6) is 0. The Morgan fingerprint density at radius 3 is 2.47 bits per heavy atom. The maximum Gasteiger partial charge on any atom is 0.405 e. The molecule has 0 fully saturated rings. The number of anilines is 1. The van der Waals surface area contributed by atoms with E-state index in [4.69, 9.17) is 18.0 Å². The summed E-state index contributed by atoms with van der Waals surface area (Å²) in [6, 6.07) is 4.74. The topological polar surface area (TPSA) is 29.3 Å². The van der Waals surface area contributed by atoms with E-state index in [1.165, 1.54) is 7.05 Å². The molecule has 1 rings (SSSR count). The van der Waals surface area contributed by atoms with Gasteiger partial charge in [-0.25, -0.2) is 0 Å². The lowest BCUT2D eigenvalue weighted by molar-refractivity contribution is -0.119. The first-order chi connectivity index (χ1) is 7.70. The van der Waals surface area contributed by atoms with Crippen LogP contribution in [0.5, 0.6) is 0 Å². The molecule has 1 aromatic rings. The quantitative estimate of drug-likeness (QED) is 0.865. The van der Waals surface area contributed by atoms with E-state index < -0.39 is 12.7 Å². The van der Waals surface area contributed by atoms with Crippen molar-refractivity contribution in [3.05, 3.63) is 28.2 Å². The van der Waals surface area contributed by atoms with Crippen LogP contribution in [0.25, 0.3) is 0 Å². The summed E-state index contributed by atoms with van der Waals surface area (Å²) in [5.41, 5.74) is 6.47. The van der Waals surface area contributed by atoms with E-state index in [9.17, 15) is 13.2 Å². The molecule has 0 amide bonds. The average molecular weight is 327 g/mol. The molecule has 0 unspecified atom stereocenters. The fourth-order valence-electron chi connectivity index (χ4n) is 1.32. The van der Waals surface area contributed by atoms with Crippen molar-refractivity contribution in [2.75, 3.05) is 18.5 Å². The third-order valence-corrected chi connectivity index (χ3v) is 2.93. The molecule has 0 atom stereocenters. The van der Waals surface area contributed by atoms with Crippen LogP contribution in [-0.4, -0.2) is 24.8 Å². The van der Waals surface area contributed by atoms with Gasteiger partial charge in [0.05, 0.1) is 5.69 Å². The van der Waals surface area contributed by atoms with Crippen LogP contribution < -0.4 is 10.6 Å². The zero-order valence-electron chi connectivity index (χ0n) is 8.88. The van der Waals surface area contributed by atoms with Crippen molar-refractivity contribution in [3.63, 3.8) is 0 Å². The van der Waals surface area contributed by atoms with E-state index in [-0.39, 0.29) is 4.99 Å². The highest BCUT2D eigenvalue weighted by Gasteiger charge is 2.29. The molecule has 0 spiro atoms. The first kappa shape index (κ1) is 14.2. The van der Waals surface area contributed by atoms with Crippen molar-refractivity contribution in [2.45, 2.75) is 6.18 Å². The fraction of sp³-hybridized carbons (Fsp3) is 0.300. The second-order valence-electron chi connectivity index (χ2n) is 3.50. The lowest BCUT2D eigenvalue weighted by Gasteiger charge is -2.22. The largest absolute Gasteiger partial charge is 0.405 e. The summed E-state index contributed by atoms with van der Waals surface area (Å²) in [6.07, 6.45) is -4.24. The summed E-state index contributed by atoms with van der Waals surface area (Å²) < 4.78 is 37.2. The van der Waals surface area contributed by atoms with Gasteiger partial charge in [-0.15, -0.1) is 0 Å². The van der Waals surface area contributed by atoms with E-state index in [1.807, 2.05) is 0 Å². The fourth-order valence-corrected chi connectivity index (χ4v) is 2.13. The number of nitrogens with zero attached hydrogens (tertiary/aromatic N) is 1. The molecule has 1 aromatic carbocycles. The van der Waals surface area contributed by atoms with Crippen LogP contribution in [0.15, 0.2) is 22.7 Å². The van der Waals surface area contributed by atoms with Crippen LogP contribution in [0.1, 0.15) is 5.56 Å². The molecule has 94 valence electrons. The lowest BCUT2D eigenvalue weighted by atomic mass is 10.2. The minimum atomic E-state index is -4.24. The Bertz CT molecular complexity index is 434. The molecular weight excluding hydrogens is 317 g/mol. The van der Waals surface area contributed by atoms with Gasteiger partial charge in [-0.2, -0.15) is 13.2 Å². The van der Waals surface area contributed by atoms with Crippen LogP contribution in [0.2, 0.25) is 0 Å². The van der Waals surface area contributed by atoms with Crippen molar-refractivity contribution < 1.29 is 13.2 Å². The second-order valence-corrected chi connectivity index (χ2v) is 4.80.